The van der Waals surface area contributed by atoms with E-state index in [9.17, 15) is 27.9 Å². The lowest BCUT2D eigenvalue weighted by Gasteiger charge is -2.21. The first-order valence-corrected chi connectivity index (χ1v) is 8.83. The maximum Gasteiger partial charge on any atom is 0.416 e. The standard InChI is InChI=1S/C21H22F3NO4/c1-12-5-4-6-13(2)16(12)11-17(20(28)29-3)25-19(27)18(26)14-7-9-15(10-8-14)21(22,23)24/h4-10,17-18,26H,11H2,1-3H3,(H,25,27)/t17-,18-/m0/s1. The average Bonchev–Trinajstić information content (AvgIpc) is 2.68. The van der Waals surface area contributed by atoms with Gasteiger partial charge in [0, 0.05) is 6.42 Å². The predicted molar refractivity (Wildman–Crippen MR) is 100.0 cm³/mol. The van der Waals surface area contributed by atoms with Crippen LogP contribution in [0.25, 0.3) is 0 Å². The van der Waals surface area contributed by atoms with Gasteiger partial charge in [-0.05, 0) is 48.2 Å². The maximum absolute atomic E-state index is 12.7. The number of aliphatic hydroxyl groups excluding tert-OH is 1. The minimum Gasteiger partial charge on any atom is -0.467 e. The summed E-state index contributed by atoms with van der Waals surface area (Å²) in [6.45, 7) is 3.74. The number of benzene rings is 2. The number of methoxy groups -OCH3 is 1. The smallest absolute Gasteiger partial charge is 0.416 e. The topological polar surface area (TPSA) is 75.6 Å². The van der Waals surface area contributed by atoms with Crippen LogP contribution in [0.15, 0.2) is 42.5 Å². The van der Waals surface area contributed by atoms with E-state index in [0.717, 1.165) is 41.0 Å². The number of aliphatic hydroxyl groups is 1. The Hall–Kier alpha value is -2.87. The first-order chi connectivity index (χ1) is 13.5. The molecule has 0 aliphatic heterocycles. The molecule has 2 atom stereocenters. The molecule has 2 N–H and O–H groups in total. The third kappa shape index (κ3) is 5.57. The molecule has 0 bridgehead atoms. The van der Waals surface area contributed by atoms with Gasteiger partial charge in [0.2, 0.25) is 0 Å². The van der Waals surface area contributed by atoms with Gasteiger partial charge in [0.15, 0.2) is 6.10 Å². The summed E-state index contributed by atoms with van der Waals surface area (Å²) >= 11 is 0. The van der Waals surface area contributed by atoms with E-state index in [0.29, 0.717) is 0 Å². The summed E-state index contributed by atoms with van der Waals surface area (Å²) in [4.78, 5) is 24.6. The Morgan fingerprint density at radius 2 is 1.62 bits per heavy atom. The number of carbonyl (C=O) groups is 2. The molecule has 2 rings (SSSR count). The molecule has 2 aromatic rings. The average molecular weight is 409 g/mol. The molecule has 0 saturated heterocycles. The lowest BCUT2D eigenvalue weighted by molar-refractivity contribution is -0.146. The molecule has 0 radical (unpaired) electrons. The van der Waals surface area contributed by atoms with Crippen molar-refractivity contribution in [3.8, 4) is 0 Å². The van der Waals surface area contributed by atoms with Crippen molar-refractivity contribution in [2.75, 3.05) is 7.11 Å². The Bertz CT molecular complexity index is 858. The molecule has 156 valence electrons. The van der Waals surface area contributed by atoms with Gasteiger partial charge in [-0.3, -0.25) is 4.79 Å². The normalized spacial score (nSPS) is 13.5. The van der Waals surface area contributed by atoms with Gasteiger partial charge in [0.25, 0.3) is 5.91 Å². The number of ether oxygens (including phenoxy) is 1. The predicted octanol–water partition coefficient (Wildman–Crippen LogP) is 3.26. The highest BCUT2D eigenvalue weighted by atomic mass is 19.4. The van der Waals surface area contributed by atoms with Crippen LogP contribution in [0.3, 0.4) is 0 Å². The van der Waals surface area contributed by atoms with Crippen molar-refractivity contribution in [2.45, 2.75) is 38.6 Å². The van der Waals surface area contributed by atoms with E-state index in [4.69, 9.17) is 4.74 Å². The number of nitrogens with one attached hydrogen (secondary N) is 1. The Balaban J connectivity index is 2.18. The van der Waals surface area contributed by atoms with E-state index in [1.165, 1.54) is 7.11 Å². The monoisotopic (exact) mass is 409 g/mol. The first-order valence-electron chi connectivity index (χ1n) is 8.83. The lowest BCUT2D eigenvalue weighted by Crippen LogP contribution is -2.45. The SMILES string of the molecule is COC(=O)[C@H](Cc1c(C)cccc1C)NC(=O)[C@@H](O)c1ccc(C(F)(F)F)cc1. The van der Waals surface area contributed by atoms with Gasteiger partial charge >= 0.3 is 12.1 Å². The van der Waals surface area contributed by atoms with E-state index >= 15 is 0 Å². The molecule has 29 heavy (non-hydrogen) atoms. The number of alkyl halides is 3. The molecule has 0 fully saturated rings. The van der Waals surface area contributed by atoms with E-state index < -0.39 is 35.8 Å². The van der Waals surface area contributed by atoms with Crippen molar-refractivity contribution >= 4 is 11.9 Å². The fourth-order valence-corrected chi connectivity index (χ4v) is 2.97. The van der Waals surface area contributed by atoms with Crippen LogP contribution in [-0.2, 0) is 26.9 Å². The van der Waals surface area contributed by atoms with E-state index in [1.54, 1.807) is 0 Å². The van der Waals surface area contributed by atoms with Gasteiger partial charge in [-0.1, -0.05) is 30.3 Å². The highest BCUT2D eigenvalue weighted by Gasteiger charge is 2.31. The van der Waals surface area contributed by atoms with Gasteiger partial charge in [-0.2, -0.15) is 13.2 Å². The van der Waals surface area contributed by atoms with Crippen molar-refractivity contribution < 1.29 is 32.6 Å². The zero-order chi connectivity index (χ0) is 21.8. The summed E-state index contributed by atoms with van der Waals surface area (Å²) in [6.07, 6.45) is -6.11. The molecular formula is C21H22F3NO4. The Kier molecular flexibility index (Phi) is 7.02. The summed E-state index contributed by atoms with van der Waals surface area (Å²) in [7, 11) is 1.18. The van der Waals surface area contributed by atoms with Crippen LogP contribution >= 0.6 is 0 Å². The minimum atomic E-state index is -4.52. The van der Waals surface area contributed by atoms with Crippen molar-refractivity contribution in [1.29, 1.82) is 0 Å². The largest absolute Gasteiger partial charge is 0.467 e. The van der Waals surface area contributed by atoms with Crippen molar-refractivity contribution in [1.82, 2.24) is 5.32 Å². The fourth-order valence-electron chi connectivity index (χ4n) is 2.97. The van der Waals surface area contributed by atoms with Crippen molar-refractivity contribution in [3.63, 3.8) is 0 Å². The third-order valence-electron chi connectivity index (χ3n) is 4.66. The molecule has 0 aromatic heterocycles. The minimum absolute atomic E-state index is 0.0220. The number of hydrogen-bond acceptors (Lipinski definition) is 4. The van der Waals surface area contributed by atoms with Crippen LogP contribution < -0.4 is 5.32 Å². The van der Waals surface area contributed by atoms with E-state index in [-0.39, 0.29) is 12.0 Å². The summed E-state index contributed by atoms with van der Waals surface area (Å²) < 4.78 is 42.7. The number of carbonyl (C=O) groups excluding carboxylic acids is 2. The van der Waals surface area contributed by atoms with Gasteiger partial charge in [-0.25, -0.2) is 4.79 Å². The van der Waals surface area contributed by atoms with E-state index in [2.05, 4.69) is 5.32 Å². The van der Waals surface area contributed by atoms with Crippen LogP contribution in [-0.4, -0.2) is 30.1 Å². The van der Waals surface area contributed by atoms with Gasteiger partial charge in [-0.15, -0.1) is 0 Å². The second-order valence-electron chi connectivity index (χ2n) is 6.68. The molecule has 0 unspecified atom stereocenters. The molecule has 0 aliphatic rings. The Morgan fingerprint density at radius 3 is 2.10 bits per heavy atom. The zero-order valence-electron chi connectivity index (χ0n) is 16.2. The van der Waals surface area contributed by atoms with Crippen LogP contribution in [0.5, 0.6) is 0 Å². The second kappa shape index (κ2) is 9.09. The van der Waals surface area contributed by atoms with Crippen molar-refractivity contribution in [3.05, 3.63) is 70.3 Å². The van der Waals surface area contributed by atoms with Crippen LogP contribution in [0, 0.1) is 13.8 Å². The number of amides is 1. The van der Waals surface area contributed by atoms with Gasteiger partial charge in [0.05, 0.1) is 12.7 Å². The summed E-state index contributed by atoms with van der Waals surface area (Å²) in [5.74, 6) is -1.60. The summed E-state index contributed by atoms with van der Waals surface area (Å²) in [5, 5.41) is 12.6. The van der Waals surface area contributed by atoms with Gasteiger partial charge in [0.1, 0.15) is 6.04 Å². The van der Waals surface area contributed by atoms with Crippen LogP contribution in [0.1, 0.15) is 33.9 Å². The fraction of sp³-hybridized carbons (Fsp3) is 0.333. The Labute approximate surface area is 166 Å². The highest BCUT2D eigenvalue weighted by Crippen LogP contribution is 2.30. The maximum atomic E-state index is 12.7. The molecule has 8 heteroatoms. The number of esters is 1. The molecule has 0 aliphatic carbocycles. The number of aryl methyl sites for hydroxylation is 2. The first kappa shape index (κ1) is 22.4. The molecule has 2 aromatic carbocycles. The molecule has 0 heterocycles. The van der Waals surface area contributed by atoms with Gasteiger partial charge < -0.3 is 15.2 Å². The summed E-state index contributed by atoms with van der Waals surface area (Å²) in [5.41, 5.74) is 1.79. The molecule has 0 spiro atoms. The second-order valence-corrected chi connectivity index (χ2v) is 6.68. The van der Waals surface area contributed by atoms with E-state index in [1.807, 2.05) is 32.0 Å². The quantitative estimate of drug-likeness (QED) is 0.719. The number of halogens is 3. The zero-order valence-corrected chi connectivity index (χ0v) is 16.2. The number of rotatable bonds is 6. The Morgan fingerprint density at radius 1 is 1.07 bits per heavy atom. The molecular weight excluding hydrogens is 387 g/mol. The molecule has 0 saturated carbocycles. The summed E-state index contributed by atoms with van der Waals surface area (Å²) in [6, 6.07) is 8.15. The third-order valence-corrected chi connectivity index (χ3v) is 4.66. The van der Waals surface area contributed by atoms with Crippen LogP contribution in [0.4, 0.5) is 13.2 Å². The van der Waals surface area contributed by atoms with Crippen molar-refractivity contribution in [2.24, 2.45) is 0 Å². The number of hydrogen-bond donors (Lipinski definition) is 2. The highest BCUT2D eigenvalue weighted by molar-refractivity contribution is 5.87. The molecule has 1 amide bonds. The van der Waals surface area contributed by atoms with Crippen LogP contribution in [0.2, 0.25) is 0 Å². The lowest BCUT2D eigenvalue weighted by atomic mass is 9.96. The molecule has 5 nitrogen and oxygen atoms in total.